The number of aryl methyl sites for hydroxylation is 2. The van der Waals surface area contributed by atoms with Gasteiger partial charge in [0.25, 0.3) is 5.91 Å². The Morgan fingerprint density at radius 3 is 2.72 bits per heavy atom. The standard InChI is InChI=1S/C38H44N8O4/c1-24-31(45-18-15-36(47)42-38(45)49)10-8-12-34(24)50-19-7-5-4-6-17-46-33-21-26(13-14-28(33)25(2)43-46)37(48)41-35-22-29-27(23-39-35)20-30(40-29)32-11-9-16-44(32)3/h8,10,12-14,20-23,32,40H,4-7,9,11,15-19H2,1-3H3,(H,39,41,48)(H,42,47,49)/t32-/m1/s1. The van der Waals surface area contributed by atoms with E-state index in [1.165, 1.54) is 12.1 Å². The first-order valence-corrected chi connectivity index (χ1v) is 17.6. The molecular weight excluding hydrogens is 632 g/mol. The van der Waals surface area contributed by atoms with Gasteiger partial charge in [-0.3, -0.25) is 29.4 Å². The van der Waals surface area contributed by atoms with Crippen molar-refractivity contribution >= 4 is 51.2 Å². The number of aromatic amines is 1. The molecule has 3 aromatic heterocycles. The lowest BCUT2D eigenvalue weighted by Gasteiger charge is -2.28. The average Bonchev–Trinajstić information content (AvgIpc) is 3.81. The molecule has 2 saturated heterocycles. The Bertz CT molecular complexity index is 2070. The highest BCUT2D eigenvalue weighted by Crippen LogP contribution is 2.33. The van der Waals surface area contributed by atoms with E-state index >= 15 is 0 Å². The van der Waals surface area contributed by atoms with E-state index in [0.717, 1.165) is 89.7 Å². The van der Waals surface area contributed by atoms with Gasteiger partial charge in [0.1, 0.15) is 11.6 Å². The van der Waals surface area contributed by atoms with Crippen LogP contribution in [-0.2, 0) is 11.3 Å². The molecule has 0 aliphatic carbocycles. The van der Waals surface area contributed by atoms with Crippen LogP contribution in [0.4, 0.5) is 16.3 Å². The second-order valence-electron chi connectivity index (χ2n) is 13.4. The maximum Gasteiger partial charge on any atom is 0.328 e. The summed E-state index contributed by atoms with van der Waals surface area (Å²) in [7, 11) is 2.16. The average molecular weight is 677 g/mol. The predicted octanol–water partition coefficient (Wildman–Crippen LogP) is 6.63. The van der Waals surface area contributed by atoms with Crippen LogP contribution in [0.1, 0.15) is 78.3 Å². The van der Waals surface area contributed by atoms with E-state index in [9.17, 15) is 14.4 Å². The summed E-state index contributed by atoms with van der Waals surface area (Å²) in [6, 6.07) is 15.5. The molecule has 4 amide bonds. The number of anilines is 2. The van der Waals surface area contributed by atoms with Gasteiger partial charge in [-0.15, -0.1) is 0 Å². The third-order valence-electron chi connectivity index (χ3n) is 9.97. The van der Waals surface area contributed by atoms with Crippen LogP contribution in [0, 0.1) is 13.8 Å². The smallest absolute Gasteiger partial charge is 0.328 e. The summed E-state index contributed by atoms with van der Waals surface area (Å²) in [4.78, 5) is 49.2. The molecule has 12 nitrogen and oxygen atoms in total. The van der Waals surface area contributed by atoms with E-state index in [0.29, 0.717) is 30.6 Å². The molecular formula is C38H44N8O4. The van der Waals surface area contributed by atoms with Crippen LogP contribution in [0.25, 0.3) is 21.8 Å². The van der Waals surface area contributed by atoms with Gasteiger partial charge in [-0.25, -0.2) is 9.78 Å². The minimum Gasteiger partial charge on any atom is -0.493 e. The lowest BCUT2D eigenvalue weighted by Crippen LogP contribution is -2.49. The molecule has 3 N–H and O–H groups in total. The molecule has 1 atom stereocenters. The minimum atomic E-state index is -0.398. The van der Waals surface area contributed by atoms with Crippen LogP contribution >= 0.6 is 0 Å². The lowest BCUT2D eigenvalue weighted by atomic mass is 10.1. The van der Waals surface area contributed by atoms with E-state index in [-0.39, 0.29) is 18.2 Å². The third kappa shape index (κ3) is 6.93. The number of benzene rings is 2. The molecule has 0 unspecified atom stereocenters. The number of carbonyl (C=O) groups is 3. The fourth-order valence-electron chi connectivity index (χ4n) is 7.18. The molecule has 5 aromatic rings. The van der Waals surface area contributed by atoms with Crippen LogP contribution in [0.5, 0.6) is 5.75 Å². The van der Waals surface area contributed by atoms with Crippen LogP contribution in [0.2, 0.25) is 0 Å². The van der Waals surface area contributed by atoms with E-state index in [2.05, 4.69) is 38.6 Å². The van der Waals surface area contributed by atoms with Gasteiger partial charge in [0.2, 0.25) is 5.91 Å². The number of unbranched alkanes of at least 4 members (excludes halogenated alkanes) is 3. The molecule has 2 aliphatic rings. The third-order valence-corrected chi connectivity index (χ3v) is 9.97. The summed E-state index contributed by atoms with van der Waals surface area (Å²) in [6.07, 6.45) is 8.28. The number of pyridine rings is 1. The molecule has 260 valence electrons. The molecule has 50 heavy (non-hydrogen) atoms. The van der Waals surface area contributed by atoms with Gasteiger partial charge in [0.15, 0.2) is 0 Å². The van der Waals surface area contributed by atoms with Crippen molar-refractivity contribution in [3.8, 4) is 5.75 Å². The molecule has 0 saturated carbocycles. The fourth-order valence-corrected chi connectivity index (χ4v) is 7.18. The van der Waals surface area contributed by atoms with Crippen LogP contribution in [0.3, 0.4) is 0 Å². The van der Waals surface area contributed by atoms with Gasteiger partial charge in [-0.2, -0.15) is 5.10 Å². The number of aromatic nitrogens is 4. The summed E-state index contributed by atoms with van der Waals surface area (Å²) in [5.74, 6) is 0.800. The van der Waals surface area contributed by atoms with Crippen LogP contribution < -0.4 is 20.3 Å². The summed E-state index contributed by atoms with van der Waals surface area (Å²) in [5, 5.41) is 12.2. The summed E-state index contributed by atoms with van der Waals surface area (Å²) in [5.41, 5.74) is 6.24. The number of hydrogen-bond donors (Lipinski definition) is 3. The first-order valence-electron chi connectivity index (χ1n) is 17.6. The number of nitrogens with one attached hydrogen (secondary N) is 3. The molecule has 12 heteroatoms. The van der Waals surface area contributed by atoms with Gasteiger partial charge in [-0.05, 0) is 89.9 Å². The number of amides is 4. The van der Waals surface area contributed by atoms with E-state index in [4.69, 9.17) is 9.84 Å². The van der Waals surface area contributed by atoms with Crippen molar-refractivity contribution in [2.24, 2.45) is 0 Å². The molecule has 5 heterocycles. The zero-order valence-electron chi connectivity index (χ0n) is 28.9. The molecule has 0 spiro atoms. The number of carbonyl (C=O) groups excluding carboxylic acids is 3. The number of ether oxygens (including phenoxy) is 1. The summed E-state index contributed by atoms with van der Waals surface area (Å²) in [6.45, 7) is 6.71. The SMILES string of the molecule is Cc1c(OCCCCCCn2nc(C)c3ccc(C(=O)Nc4cc5[nH]c([C@H]6CCCN6C)cc5cn4)cc32)cccc1N1CCC(=O)NC1=O. The maximum absolute atomic E-state index is 13.3. The zero-order chi connectivity index (χ0) is 34.8. The number of rotatable bonds is 12. The van der Waals surface area contributed by atoms with E-state index in [1.807, 2.05) is 67.2 Å². The fraction of sp³-hybridized carbons (Fsp3) is 0.395. The Morgan fingerprint density at radius 2 is 1.90 bits per heavy atom. The minimum absolute atomic E-state index is 0.207. The number of nitrogens with zero attached hydrogens (tertiary/aromatic N) is 5. The Labute approximate surface area is 291 Å². The number of hydrogen-bond acceptors (Lipinski definition) is 7. The maximum atomic E-state index is 13.3. The highest BCUT2D eigenvalue weighted by Gasteiger charge is 2.26. The monoisotopic (exact) mass is 676 g/mol. The largest absolute Gasteiger partial charge is 0.493 e. The van der Waals surface area contributed by atoms with Crippen molar-refractivity contribution in [3.63, 3.8) is 0 Å². The number of likely N-dealkylation sites (tertiary alicyclic amines) is 1. The predicted molar refractivity (Wildman–Crippen MR) is 194 cm³/mol. The van der Waals surface area contributed by atoms with Gasteiger partial charge in [0, 0.05) is 65.4 Å². The summed E-state index contributed by atoms with van der Waals surface area (Å²) < 4.78 is 8.09. The highest BCUT2D eigenvalue weighted by molar-refractivity contribution is 6.07. The van der Waals surface area contributed by atoms with Crippen molar-refractivity contribution in [1.82, 2.24) is 30.0 Å². The second-order valence-corrected chi connectivity index (χ2v) is 13.4. The Morgan fingerprint density at radius 1 is 1.04 bits per heavy atom. The first-order chi connectivity index (χ1) is 24.2. The number of urea groups is 1. The molecule has 0 bridgehead atoms. The zero-order valence-corrected chi connectivity index (χ0v) is 28.9. The molecule has 7 rings (SSSR count). The lowest BCUT2D eigenvalue weighted by molar-refractivity contribution is -0.120. The molecule has 0 radical (unpaired) electrons. The number of imide groups is 1. The quantitative estimate of drug-likeness (QED) is 0.126. The molecule has 2 fully saturated rings. The van der Waals surface area contributed by atoms with Gasteiger partial charge < -0.3 is 15.0 Å². The Hall–Kier alpha value is -5.23. The topological polar surface area (TPSA) is 137 Å². The Balaban J connectivity index is 0.911. The van der Waals surface area contributed by atoms with Crippen molar-refractivity contribution in [2.75, 3.05) is 37.0 Å². The van der Waals surface area contributed by atoms with E-state index in [1.54, 1.807) is 4.90 Å². The van der Waals surface area contributed by atoms with Crippen molar-refractivity contribution in [2.45, 2.75) is 71.4 Å². The number of H-pyrrole nitrogens is 1. The van der Waals surface area contributed by atoms with Gasteiger partial charge in [0.05, 0.1) is 29.0 Å². The van der Waals surface area contributed by atoms with Crippen molar-refractivity contribution in [3.05, 3.63) is 77.2 Å². The number of fused-ring (bicyclic) bond motifs is 2. The first kappa shape index (κ1) is 33.3. The van der Waals surface area contributed by atoms with Crippen molar-refractivity contribution < 1.29 is 19.1 Å². The second kappa shape index (κ2) is 14.3. The molecule has 2 aliphatic heterocycles. The van der Waals surface area contributed by atoms with E-state index < -0.39 is 6.03 Å². The Kier molecular flexibility index (Phi) is 9.53. The van der Waals surface area contributed by atoms with Crippen LogP contribution in [-0.4, -0.2) is 69.2 Å². The van der Waals surface area contributed by atoms with Crippen LogP contribution in [0.15, 0.2) is 54.7 Å². The molecule has 2 aromatic carbocycles. The van der Waals surface area contributed by atoms with Gasteiger partial charge >= 0.3 is 6.03 Å². The summed E-state index contributed by atoms with van der Waals surface area (Å²) >= 11 is 0. The highest BCUT2D eigenvalue weighted by atomic mass is 16.5. The normalized spacial score (nSPS) is 16.8. The van der Waals surface area contributed by atoms with Crippen molar-refractivity contribution in [1.29, 1.82) is 0 Å². The van der Waals surface area contributed by atoms with Gasteiger partial charge in [-0.1, -0.05) is 18.6 Å².